The molecule has 5 heteroatoms. The third kappa shape index (κ3) is 5.15. The smallest absolute Gasteiger partial charge is 0.339 e. The molecule has 1 heterocycles. The number of ether oxygens (including phenoxy) is 1. The molecule has 138 valence electrons. The highest BCUT2D eigenvalue weighted by Crippen LogP contribution is 2.24. The molecule has 0 saturated carbocycles. The first-order valence-corrected chi connectivity index (χ1v) is 8.73. The predicted molar refractivity (Wildman–Crippen MR) is 102 cm³/mol. The van der Waals surface area contributed by atoms with Crippen LogP contribution in [0.3, 0.4) is 0 Å². The van der Waals surface area contributed by atoms with Gasteiger partial charge < -0.3 is 10.1 Å². The number of carbonyl (C=O) groups is 2. The van der Waals surface area contributed by atoms with Crippen LogP contribution >= 0.6 is 0 Å². The van der Waals surface area contributed by atoms with Crippen LogP contribution in [-0.4, -0.2) is 30.0 Å². The Morgan fingerprint density at radius 3 is 2.35 bits per heavy atom. The van der Waals surface area contributed by atoms with Gasteiger partial charge in [-0.1, -0.05) is 32.9 Å². The Morgan fingerprint density at radius 1 is 1.12 bits per heavy atom. The van der Waals surface area contributed by atoms with Crippen molar-refractivity contribution in [3.63, 3.8) is 0 Å². The number of hydrogen-bond acceptors (Lipinski definition) is 4. The molecule has 0 fully saturated rings. The van der Waals surface area contributed by atoms with Gasteiger partial charge in [-0.25, -0.2) is 4.79 Å². The molecule has 2 aromatic rings. The molecule has 0 radical (unpaired) electrons. The first kappa shape index (κ1) is 19.6. The number of hydrogen-bond donors (Lipinski definition) is 1. The number of aromatic nitrogens is 1. The van der Waals surface area contributed by atoms with Crippen LogP contribution in [0.5, 0.6) is 0 Å². The summed E-state index contributed by atoms with van der Waals surface area (Å²) in [5.74, 6) is -0.485. The van der Waals surface area contributed by atoms with Crippen molar-refractivity contribution >= 4 is 11.9 Å². The average Bonchev–Trinajstić information content (AvgIpc) is 2.60. The van der Waals surface area contributed by atoms with Gasteiger partial charge in [0.05, 0.1) is 12.2 Å². The fourth-order valence-corrected chi connectivity index (χ4v) is 2.40. The lowest BCUT2D eigenvalue weighted by atomic mass is 9.96. The van der Waals surface area contributed by atoms with Crippen LogP contribution in [-0.2, 0) is 4.74 Å². The van der Waals surface area contributed by atoms with Crippen LogP contribution in [0.15, 0.2) is 36.5 Å². The average molecular weight is 354 g/mol. The van der Waals surface area contributed by atoms with Gasteiger partial charge >= 0.3 is 5.97 Å². The van der Waals surface area contributed by atoms with Crippen molar-refractivity contribution in [2.45, 2.75) is 34.6 Å². The van der Waals surface area contributed by atoms with Crippen molar-refractivity contribution < 1.29 is 14.3 Å². The molecular weight excluding hydrogens is 328 g/mol. The van der Waals surface area contributed by atoms with Gasteiger partial charge in [-0.2, -0.15) is 0 Å². The number of esters is 1. The van der Waals surface area contributed by atoms with E-state index in [2.05, 4.69) is 31.1 Å². The van der Waals surface area contributed by atoms with E-state index in [1.807, 2.05) is 19.1 Å². The summed E-state index contributed by atoms with van der Waals surface area (Å²) in [6.45, 7) is 10.8. The lowest BCUT2D eigenvalue weighted by Gasteiger charge is -2.18. The number of pyridine rings is 1. The van der Waals surface area contributed by atoms with E-state index in [1.54, 1.807) is 25.1 Å². The third-order valence-corrected chi connectivity index (χ3v) is 3.84. The Hall–Kier alpha value is -2.69. The van der Waals surface area contributed by atoms with Gasteiger partial charge in [0, 0.05) is 29.6 Å². The molecule has 0 spiro atoms. The molecule has 26 heavy (non-hydrogen) atoms. The van der Waals surface area contributed by atoms with Crippen molar-refractivity contribution in [2.75, 3.05) is 13.2 Å². The van der Waals surface area contributed by atoms with Gasteiger partial charge in [-0.15, -0.1) is 0 Å². The second kappa shape index (κ2) is 8.13. The number of carbonyl (C=O) groups excluding carboxylic acids is 2. The topological polar surface area (TPSA) is 68.3 Å². The number of aryl methyl sites for hydroxylation is 1. The van der Waals surface area contributed by atoms with Gasteiger partial charge in [0.25, 0.3) is 5.91 Å². The molecule has 0 bridgehead atoms. The molecule has 0 aliphatic heterocycles. The zero-order valence-corrected chi connectivity index (χ0v) is 16.1. The van der Waals surface area contributed by atoms with Gasteiger partial charge in [0.2, 0.25) is 0 Å². The van der Waals surface area contributed by atoms with Crippen molar-refractivity contribution in [2.24, 2.45) is 5.41 Å². The van der Waals surface area contributed by atoms with Crippen molar-refractivity contribution in [1.29, 1.82) is 0 Å². The largest absolute Gasteiger partial charge is 0.462 e. The highest BCUT2D eigenvalue weighted by atomic mass is 16.5. The summed E-state index contributed by atoms with van der Waals surface area (Å²) in [4.78, 5) is 28.5. The maximum Gasteiger partial charge on any atom is 0.339 e. The maximum atomic E-state index is 12.2. The van der Waals surface area contributed by atoms with Gasteiger partial charge in [-0.3, -0.25) is 9.78 Å². The Morgan fingerprint density at radius 2 is 1.77 bits per heavy atom. The predicted octanol–water partition coefficient (Wildman–Crippen LogP) is 4.01. The SMILES string of the molecule is CCOC(=O)c1cnc(C)c(-c2ccc(C(=O)NCC(C)(C)C)cc2)c1. The lowest BCUT2D eigenvalue weighted by molar-refractivity contribution is 0.0525. The van der Waals surface area contributed by atoms with E-state index in [-0.39, 0.29) is 17.3 Å². The summed E-state index contributed by atoms with van der Waals surface area (Å²) in [6, 6.07) is 9.07. The molecule has 2 rings (SSSR count). The van der Waals surface area contributed by atoms with Gasteiger partial charge in [0.15, 0.2) is 0 Å². The van der Waals surface area contributed by atoms with E-state index < -0.39 is 0 Å². The highest BCUT2D eigenvalue weighted by molar-refractivity contribution is 5.95. The van der Waals surface area contributed by atoms with E-state index in [0.717, 1.165) is 16.8 Å². The normalized spacial score (nSPS) is 11.1. The second-order valence-corrected chi connectivity index (χ2v) is 7.40. The molecule has 1 aromatic carbocycles. The molecule has 1 amide bonds. The number of nitrogens with one attached hydrogen (secondary N) is 1. The molecule has 0 saturated heterocycles. The molecule has 0 aliphatic rings. The molecule has 1 aromatic heterocycles. The highest BCUT2D eigenvalue weighted by Gasteiger charge is 2.14. The molecule has 1 N–H and O–H groups in total. The first-order chi connectivity index (χ1) is 12.2. The zero-order valence-electron chi connectivity index (χ0n) is 16.1. The molecular formula is C21H26N2O3. The number of nitrogens with zero attached hydrogens (tertiary/aromatic N) is 1. The van der Waals surface area contributed by atoms with Crippen LogP contribution in [0.25, 0.3) is 11.1 Å². The van der Waals surface area contributed by atoms with Crippen molar-refractivity contribution in [3.8, 4) is 11.1 Å². The van der Waals surface area contributed by atoms with Crippen molar-refractivity contribution in [1.82, 2.24) is 10.3 Å². The Bertz CT molecular complexity index is 790. The Balaban J connectivity index is 2.21. The summed E-state index contributed by atoms with van der Waals surface area (Å²) in [6.07, 6.45) is 1.52. The number of benzene rings is 1. The first-order valence-electron chi connectivity index (χ1n) is 8.73. The van der Waals surface area contributed by atoms with Crippen LogP contribution in [0.4, 0.5) is 0 Å². The van der Waals surface area contributed by atoms with Crippen molar-refractivity contribution in [3.05, 3.63) is 53.3 Å². The Labute approximate surface area is 154 Å². The second-order valence-electron chi connectivity index (χ2n) is 7.40. The molecule has 0 unspecified atom stereocenters. The van der Waals surface area contributed by atoms with Gasteiger partial charge in [-0.05, 0) is 43.0 Å². The minimum Gasteiger partial charge on any atom is -0.462 e. The maximum absolute atomic E-state index is 12.2. The Kier molecular flexibility index (Phi) is 6.14. The summed E-state index contributed by atoms with van der Waals surface area (Å²) >= 11 is 0. The van der Waals surface area contributed by atoms with E-state index >= 15 is 0 Å². The molecule has 0 atom stereocenters. The zero-order chi connectivity index (χ0) is 19.3. The quantitative estimate of drug-likeness (QED) is 0.824. The minimum atomic E-state index is -0.389. The van der Waals surface area contributed by atoms with Crippen LogP contribution in [0.1, 0.15) is 54.1 Å². The van der Waals surface area contributed by atoms with Crippen LogP contribution in [0, 0.1) is 12.3 Å². The van der Waals surface area contributed by atoms with E-state index in [1.165, 1.54) is 6.20 Å². The number of rotatable bonds is 5. The molecule has 0 aliphatic carbocycles. The summed E-state index contributed by atoms with van der Waals surface area (Å²) in [7, 11) is 0. The molecule has 5 nitrogen and oxygen atoms in total. The summed E-state index contributed by atoms with van der Waals surface area (Å²) < 4.78 is 5.03. The summed E-state index contributed by atoms with van der Waals surface area (Å²) in [5.41, 5.74) is 3.60. The van der Waals surface area contributed by atoms with E-state index in [0.29, 0.717) is 24.3 Å². The fraction of sp³-hybridized carbons (Fsp3) is 0.381. The monoisotopic (exact) mass is 354 g/mol. The third-order valence-electron chi connectivity index (χ3n) is 3.84. The van der Waals surface area contributed by atoms with Crippen LogP contribution in [0.2, 0.25) is 0 Å². The van der Waals surface area contributed by atoms with Crippen LogP contribution < -0.4 is 5.32 Å². The lowest BCUT2D eigenvalue weighted by Crippen LogP contribution is -2.32. The summed E-state index contributed by atoms with van der Waals surface area (Å²) in [5, 5.41) is 2.94. The van der Waals surface area contributed by atoms with E-state index in [4.69, 9.17) is 4.74 Å². The standard InChI is InChI=1S/C21H26N2O3/c1-6-26-20(25)17-11-18(14(2)22-12-17)15-7-9-16(10-8-15)19(24)23-13-21(3,4)5/h7-12H,6,13H2,1-5H3,(H,23,24). The minimum absolute atomic E-state index is 0.0337. The van der Waals surface area contributed by atoms with Gasteiger partial charge in [0.1, 0.15) is 0 Å². The van der Waals surface area contributed by atoms with E-state index in [9.17, 15) is 9.59 Å². The number of amides is 1. The fourth-order valence-electron chi connectivity index (χ4n) is 2.40.